The standard InChI is InChI=1S/C17H14O6/c1-2-22-17(21)13-5-3-4-6-14(13)23-16(20)12-9-7-11(8-10-12)15(18)19/h3-10H,2H2,1H3,(H,18,19)/p-1. The van der Waals surface area contributed by atoms with Crippen LogP contribution in [-0.4, -0.2) is 24.5 Å². The number of carboxylic acids is 1. The fraction of sp³-hybridized carbons (Fsp3) is 0.118. The fourth-order valence-electron chi connectivity index (χ4n) is 1.83. The molecule has 2 rings (SSSR count). The Labute approximate surface area is 132 Å². The topological polar surface area (TPSA) is 92.7 Å². The van der Waals surface area contributed by atoms with Gasteiger partial charge in [0.2, 0.25) is 0 Å². The van der Waals surface area contributed by atoms with Crippen molar-refractivity contribution in [1.82, 2.24) is 0 Å². The van der Waals surface area contributed by atoms with Crippen LogP contribution in [-0.2, 0) is 4.74 Å². The smallest absolute Gasteiger partial charge is 0.343 e. The average Bonchev–Trinajstić information content (AvgIpc) is 2.55. The third-order valence-electron chi connectivity index (χ3n) is 2.94. The lowest BCUT2D eigenvalue weighted by atomic mass is 10.1. The van der Waals surface area contributed by atoms with Crippen molar-refractivity contribution in [3.8, 4) is 5.75 Å². The predicted molar refractivity (Wildman–Crippen MR) is 78.1 cm³/mol. The number of benzene rings is 2. The highest BCUT2D eigenvalue weighted by molar-refractivity contribution is 5.96. The average molecular weight is 313 g/mol. The zero-order chi connectivity index (χ0) is 16.8. The summed E-state index contributed by atoms with van der Waals surface area (Å²) in [5, 5.41) is 10.7. The van der Waals surface area contributed by atoms with Gasteiger partial charge in [0.1, 0.15) is 11.3 Å². The molecule has 0 unspecified atom stereocenters. The highest BCUT2D eigenvalue weighted by Gasteiger charge is 2.16. The van der Waals surface area contributed by atoms with Crippen molar-refractivity contribution in [2.45, 2.75) is 6.92 Å². The van der Waals surface area contributed by atoms with E-state index in [1.165, 1.54) is 36.4 Å². The summed E-state index contributed by atoms with van der Waals surface area (Å²) < 4.78 is 10.1. The van der Waals surface area contributed by atoms with Gasteiger partial charge in [0.05, 0.1) is 18.1 Å². The molecule has 6 heteroatoms. The molecule has 0 aromatic heterocycles. The van der Waals surface area contributed by atoms with Crippen LogP contribution in [0.2, 0.25) is 0 Å². The van der Waals surface area contributed by atoms with Crippen LogP contribution >= 0.6 is 0 Å². The molecule has 2 aromatic rings. The van der Waals surface area contributed by atoms with Crippen LogP contribution in [0.1, 0.15) is 38.0 Å². The summed E-state index contributed by atoms with van der Waals surface area (Å²) in [6, 6.07) is 11.3. The number of esters is 2. The molecule has 23 heavy (non-hydrogen) atoms. The minimum absolute atomic E-state index is 0.0477. The highest BCUT2D eigenvalue weighted by Crippen LogP contribution is 2.20. The van der Waals surface area contributed by atoms with E-state index in [1.807, 2.05) is 0 Å². The van der Waals surface area contributed by atoms with Gasteiger partial charge in [0.25, 0.3) is 0 Å². The number of hydrogen-bond acceptors (Lipinski definition) is 6. The van der Waals surface area contributed by atoms with E-state index in [9.17, 15) is 19.5 Å². The number of carbonyl (C=O) groups excluding carboxylic acids is 3. The van der Waals surface area contributed by atoms with E-state index in [4.69, 9.17) is 9.47 Å². The zero-order valence-electron chi connectivity index (χ0n) is 12.3. The second-order valence-electron chi connectivity index (χ2n) is 4.47. The zero-order valence-corrected chi connectivity index (χ0v) is 12.3. The van der Waals surface area contributed by atoms with E-state index in [0.29, 0.717) is 0 Å². The molecule has 0 heterocycles. The first kappa shape index (κ1) is 16.2. The van der Waals surface area contributed by atoms with Crippen molar-refractivity contribution in [2.24, 2.45) is 0 Å². The van der Waals surface area contributed by atoms with E-state index in [1.54, 1.807) is 19.1 Å². The second-order valence-corrected chi connectivity index (χ2v) is 4.47. The number of rotatable bonds is 5. The second kappa shape index (κ2) is 7.22. The molecule has 0 aliphatic carbocycles. The van der Waals surface area contributed by atoms with Crippen molar-refractivity contribution in [2.75, 3.05) is 6.61 Å². The first-order valence-corrected chi connectivity index (χ1v) is 6.82. The van der Waals surface area contributed by atoms with Crippen LogP contribution in [0.15, 0.2) is 48.5 Å². The Morgan fingerprint density at radius 1 is 0.913 bits per heavy atom. The molecule has 0 aliphatic rings. The summed E-state index contributed by atoms with van der Waals surface area (Å²) in [7, 11) is 0. The van der Waals surface area contributed by atoms with Gasteiger partial charge in [-0.2, -0.15) is 0 Å². The van der Waals surface area contributed by atoms with Crippen LogP contribution in [0.25, 0.3) is 0 Å². The van der Waals surface area contributed by atoms with Gasteiger partial charge in [-0.3, -0.25) is 0 Å². The van der Waals surface area contributed by atoms with E-state index in [-0.39, 0.29) is 29.0 Å². The summed E-state index contributed by atoms with van der Waals surface area (Å²) in [5.41, 5.74) is 0.233. The molecular formula is C17H13O6-. The molecule has 6 nitrogen and oxygen atoms in total. The molecule has 0 amide bonds. The number of carboxylic acid groups (broad SMARTS) is 1. The normalized spacial score (nSPS) is 9.96. The molecule has 0 fully saturated rings. The molecule has 0 saturated carbocycles. The summed E-state index contributed by atoms with van der Waals surface area (Å²) in [4.78, 5) is 34.6. The Morgan fingerprint density at radius 3 is 2.13 bits per heavy atom. The van der Waals surface area contributed by atoms with E-state index in [0.717, 1.165) is 0 Å². The Hall–Kier alpha value is -3.15. The SMILES string of the molecule is CCOC(=O)c1ccccc1OC(=O)c1ccc(C(=O)[O-])cc1. The third-order valence-corrected chi connectivity index (χ3v) is 2.94. The highest BCUT2D eigenvalue weighted by atomic mass is 16.5. The van der Waals surface area contributed by atoms with Crippen LogP contribution in [0, 0.1) is 0 Å². The molecule has 0 aliphatic heterocycles. The maximum Gasteiger partial charge on any atom is 0.343 e. The van der Waals surface area contributed by atoms with Crippen LogP contribution < -0.4 is 9.84 Å². The van der Waals surface area contributed by atoms with Crippen molar-refractivity contribution >= 4 is 17.9 Å². The lowest BCUT2D eigenvalue weighted by Gasteiger charge is -2.09. The minimum Gasteiger partial charge on any atom is -0.545 e. The van der Waals surface area contributed by atoms with Crippen molar-refractivity contribution in [3.63, 3.8) is 0 Å². The van der Waals surface area contributed by atoms with Gasteiger partial charge in [-0.25, -0.2) is 9.59 Å². The molecule has 118 valence electrons. The van der Waals surface area contributed by atoms with E-state index in [2.05, 4.69) is 0 Å². The van der Waals surface area contributed by atoms with Crippen molar-refractivity contribution < 1.29 is 29.0 Å². The first-order valence-electron chi connectivity index (χ1n) is 6.82. The molecule has 2 aromatic carbocycles. The summed E-state index contributed by atoms with van der Waals surface area (Å²) >= 11 is 0. The van der Waals surface area contributed by atoms with Crippen LogP contribution in [0.5, 0.6) is 5.75 Å². The number of ether oxygens (including phenoxy) is 2. The van der Waals surface area contributed by atoms with Crippen molar-refractivity contribution in [1.29, 1.82) is 0 Å². The first-order chi connectivity index (χ1) is 11.0. The molecule has 0 bridgehead atoms. The van der Waals surface area contributed by atoms with Crippen LogP contribution in [0.4, 0.5) is 0 Å². The number of para-hydroxylation sites is 1. The maximum atomic E-state index is 12.1. The summed E-state index contributed by atoms with van der Waals surface area (Å²) in [5.74, 6) is -2.58. The molecule has 0 saturated heterocycles. The van der Waals surface area contributed by atoms with E-state index < -0.39 is 17.9 Å². The minimum atomic E-state index is -1.34. The Kier molecular flexibility index (Phi) is 5.09. The monoisotopic (exact) mass is 313 g/mol. The molecule has 0 spiro atoms. The fourth-order valence-corrected chi connectivity index (χ4v) is 1.83. The number of carbonyl (C=O) groups is 3. The number of aromatic carboxylic acids is 1. The Morgan fingerprint density at radius 2 is 1.52 bits per heavy atom. The molecular weight excluding hydrogens is 300 g/mol. The maximum absolute atomic E-state index is 12.1. The molecule has 0 N–H and O–H groups in total. The van der Waals surface area contributed by atoms with Gasteiger partial charge in [-0.15, -0.1) is 0 Å². The van der Waals surface area contributed by atoms with Gasteiger partial charge >= 0.3 is 11.9 Å². The van der Waals surface area contributed by atoms with Crippen LogP contribution in [0.3, 0.4) is 0 Å². The van der Waals surface area contributed by atoms with Gasteiger partial charge in [0.15, 0.2) is 0 Å². The lowest BCUT2D eigenvalue weighted by Crippen LogP contribution is -2.22. The number of hydrogen-bond donors (Lipinski definition) is 0. The van der Waals surface area contributed by atoms with E-state index >= 15 is 0 Å². The quantitative estimate of drug-likeness (QED) is 0.612. The van der Waals surface area contributed by atoms with Gasteiger partial charge in [0, 0.05) is 0 Å². The summed E-state index contributed by atoms with van der Waals surface area (Å²) in [6.45, 7) is 1.87. The summed E-state index contributed by atoms with van der Waals surface area (Å²) in [6.07, 6.45) is 0. The van der Waals surface area contributed by atoms with Gasteiger partial charge in [-0.1, -0.05) is 24.3 Å². The predicted octanol–water partition coefficient (Wildman–Crippen LogP) is 1.45. The third kappa shape index (κ3) is 3.94. The molecule has 0 atom stereocenters. The van der Waals surface area contributed by atoms with Crippen molar-refractivity contribution in [3.05, 3.63) is 65.2 Å². The lowest BCUT2D eigenvalue weighted by molar-refractivity contribution is -0.255. The van der Waals surface area contributed by atoms with Gasteiger partial charge in [-0.05, 0) is 36.8 Å². The Balaban J connectivity index is 2.20. The Bertz CT molecular complexity index is 733. The largest absolute Gasteiger partial charge is 0.545 e. The van der Waals surface area contributed by atoms with Gasteiger partial charge < -0.3 is 19.4 Å². The molecule has 0 radical (unpaired) electrons.